The Morgan fingerprint density at radius 1 is 0.947 bits per heavy atom. The molecule has 0 aliphatic heterocycles. The minimum atomic E-state index is -1.78. The summed E-state index contributed by atoms with van der Waals surface area (Å²) in [5.41, 5.74) is 1.18. The van der Waals surface area contributed by atoms with Gasteiger partial charge in [-0.3, -0.25) is 10.2 Å². The Hall–Kier alpha value is -1.88. The van der Waals surface area contributed by atoms with Crippen molar-refractivity contribution in [1.29, 1.82) is 0 Å². The van der Waals surface area contributed by atoms with E-state index in [4.69, 9.17) is 5.84 Å². The lowest BCUT2D eigenvalue weighted by Gasteiger charge is -2.27. The van der Waals surface area contributed by atoms with Gasteiger partial charge in [0.2, 0.25) is 0 Å². The standard InChI is InChI=1S/C14H14N2O2.ClH/c15-16-13(17)14(18,11-7-3-1-4-8-11)12-9-5-2-6-10-12;/h1-10,18H,15H2,(H,16,17);1H. The quantitative estimate of drug-likeness (QED) is 0.450. The van der Waals surface area contributed by atoms with Crippen molar-refractivity contribution in [2.24, 2.45) is 5.84 Å². The van der Waals surface area contributed by atoms with Gasteiger partial charge in [-0.05, 0) is 11.1 Å². The predicted octanol–water partition coefficient (Wildman–Crippen LogP) is 1.33. The van der Waals surface area contributed by atoms with Crippen molar-refractivity contribution in [3.8, 4) is 0 Å². The van der Waals surface area contributed by atoms with Crippen LogP contribution in [-0.2, 0) is 10.4 Å². The molecule has 0 aromatic heterocycles. The van der Waals surface area contributed by atoms with Crippen molar-refractivity contribution < 1.29 is 9.90 Å². The molecule has 0 bridgehead atoms. The van der Waals surface area contributed by atoms with Crippen molar-refractivity contribution >= 4 is 18.3 Å². The summed E-state index contributed by atoms with van der Waals surface area (Å²) in [4.78, 5) is 11.9. The van der Waals surface area contributed by atoms with Crippen LogP contribution in [0.25, 0.3) is 0 Å². The molecular weight excluding hydrogens is 264 g/mol. The zero-order valence-corrected chi connectivity index (χ0v) is 10.9. The van der Waals surface area contributed by atoms with Gasteiger partial charge < -0.3 is 5.11 Å². The molecule has 0 aliphatic rings. The van der Waals surface area contributed by atoms with E-state index in [1.807, 2.05) is 17.6 Å². The van der Waals surface area contributed by atoms with Gasteiger partial charge in [-0.15, -0.1) is 12.4 Å². The fourth-order valence-electron chi connectivity index (χ4n) is 1.89. The van der Waals surface area contributed by atoms with Crippen LogP contribution >= 0.6 is 12.4 Å². The zero-order valence-electron chi connectivity index (χ0n) is 10.1. The highest BCUT2D eigenvalue weighted by molar-refractivity contribution is 5.89. The number of benzene rings is 2. The Labute approximate surface area is 117 Å². The van der Waals surface area contributed by atoms with E-state index < -0.39 is 11.5 Å². The van der Waals surface area contributed by atoms with Gasteiger partial charge in [0.1, 0.15) is 0 Å². The van der Waals surface area contributed by atoms with E-state index >= 15 is 0 Å². The first-order chi connectivity index (χ1) is 8.69. The maximum atomic E-state index is 11.9. The summed E-state index contributed by atoms with van der Waals surface area (Å²) in [7, 11) is 0. The molecule has 4 nitrogen and oxygen atoms in total. The van der Waals surface area contributed by atoms with Crippen molar-refractivity contribution in [2.45, 2.75) is 5.60 Å². The molecule has 2 aromatic carbocycles. The molecule has 4 N–H and O–H groups in total. The number of hydrogen-bond donors (Lipinski definition) is 3. The molecule has 1 amide bonds. The SMILES string of the molecule is Cl.NNC(=O)C(O)(c1ccccc1)c1ccccc1. The van der Waals surface area contributed by atoms with Crippen LogP contribution in [0.5, 0.6) is 0 Å². The number of nitrogens with two attached hydrogens (primary N) is 1. The predicted molar refractivity (Wildman–Crippen MR) is 75.5 cm³/mol. The Bertz CT molecular complexity index is 492. The van der Waals surface area contributed by atoms with Crippen molar-refractivity contribution in [2.75, 3.05) is 0 Å². The minimum absolute atomic E-state index is 0. The molecule has 0 spiro atoms. The Kier molecular flexibility index (Phi) is 5.06. The third-order valence-corrected chi connectivity index (χ3v) is 2.84. The summed E-state index contributed by atoms with van der Waals surface area (Å²) in [5, 5.41) is 10.7. The first-order valence-corrected chi connectivity index (χ1v) is 5.54. The van der Waals surface area contributed by atoms with E-state index in [-0.39, 0.29) is 12.4 Å². The minimum Gasteiger partial charge on any atom is -0.372 e. The molecule has 0 heterocycles. The van der Waals surface area contributed by atoms with Crippen LogP contribution < -0.4 is 11.3 Å². The molecule has 0 saturated carbocycles. The van der Waals surface area contributed by atoms with Gasteiger partial charge >= 0.3 is 0 Å². The highest BCUT2D eigenvalue weighted by atomic mass is 35.5. The van der Waals surface area contributed by atoms with Crippen LogP contribution in [0.3, 0.4) is 0 Å². The summed E-state index contributed by atoms with van der Waals surface area (Å²) < 4.78 is 0. The first kappa shape index (κ1) is 15.2. The zero-order chi connectivity index (χ0) is 13.0. The van der Waals surface area contributed by atoms with Gasteiger partial charge in [-0.25, -0.2) is 5.84 Å². The monoisotopic (exact) mass is 278 g/mol. The molecule has 5 heteroatoms. The molecule has 100 valence electrons. The van der Waals surface area contributed by atoms with E-state index in [1.54, 1.807) is 48.5 Å². The second-order valence-electron chi connectivity index (χ2n) is 3.92. The van der Waals surface area contributed by atoms with E-state index in [2.05, 4.69) is 0 Å². The fraction of sp³-hybridized carbons (Fsp3) is 0.0714. The lowest BCUT2D eigenvalue weighted by atomic mass is 9.86. The molecule has 0 unspecified atom stereocenters. The van der Waals surface area contributed by atoms with Crippen LogP contribution in [-0.4, -0.2) is 11.0 Å². The smallest absolute Gasteiger partial charge is 0.275 e. The molecule has 0 aliphatic carbocycles. The number of amides is 1. The molecule has 0 atom stereocenters. The van der Waals surface area contributed by atoms with Gasteiger partial charge in [0.05, 0.1) is 0 Å². The number of carbonyl (C=O) groups excluding carboxylic acids is 1. The first-order valence-electron chi connectivity index (χ1n) is 5.54. The number of halogens is 1. The summed E-state index contributed by atoms with van der Waals surface area (Å²) >= 11 is 0. The number of hydrazine groups is 1. The molecule has 0 radical (unpaired) electrons. The second kappa shape index (κ2) is 6.33. The van der Waals surface area contributed by atoms with E-state index in [0.29, 0.717) is 11.1 Å². The normalized spacial score (nSPS) is 10.4. The van der Waals surface area contributed by atoms with Crippen molar-refractivity contribution in [3.63, 3.8) is 0 Å². The largest absolute Gasteiger partial charge is 0.372 e. The highest BCUT2D eigenvalue weighted by Crippen LogP contribution is 2.29. The molecule has 19 heavy (non-hydrogen) atoms. The van der Waals surface area contributed by atoms with Gasteiger partial charge in [-0.2, -0.15) is 0 Å². The summed E-state index contributed by atoms with van der Waals surface area (Å²) in [6.07, 6.45) is 0. The number of hydrogen-bond acceptors (Lipinski definition) is 3. The average molecular weight is 279 g/mol. The van der Waals surface area contributed by atoms with Crippen LogP contribution in [0.2, 0.25) is 0 Å². The van der Waals surface area contributed by atoms with Crippen LogP contribution in [0.4, 0.5) is 0 Å². The molecule has 2 rings (SSSR count). The lowest BCUT2D eigenvalue weighted by molar-refractivity contribution is -0.136. The Balaban J connectivity index is 0.00000180. The Morgan fingerprint density at radius 3 is 1.63 bits per heavy atom. The summed E-state index contributed by atoms with van der Waals surface area (Å²) in [6, 6.07) is 17.4. The third-order valence-electron chi connectivity index (χ3n) is 2.84. The van der Waals surface area contributed by atoms with Crippen molar-refractivity contribution in [1.82, 2.24) is 5.43 Å². The molecule has 0 saturated heterocycles. The van der Waals surface area contributed by atoms with E-state index in [0.717, 1.165) is 0 Å². The van der Waals surface area contributed by atoms with Gasteiger partial charge in [0.25, 0.3) is 5.91 Å². The number of carbonyl (C=O) groups is 1. The summed E-state index contributed by atoms with van der Waals surface area (Å²) in [5.74, 6) is 4.51. The van der Waals surface area contributed by atoms with Gasteiger partial charge in [0, 0.05) is 0 Å². The number of aliphatic hydroxyl groups is 1. The number of nitrogens with one attached hydrogen (secondary N) is 1. The van der Waals surface area contributed by atoms with E-state index in [9.17, 15) is 9.90 Å². The maximum Gasteiger partial charge on any atom is 0.275 e. The molecule has 0 fully saturated rings. The van der Waals surface area contributed by atoms with Gasteiger partial charge in [-0.1, -0.05) is 60.7 Å². The van der Waals surface area contributed by atoms with Crippen LogP contribution in [0, 0.1) is 0 Å². The van der Waals surface area contributed by atoms with Gasteiger partial charge in [0.15, 0.2) is 5.60 Å². The van der Waals surface area contributed by atoms with Crippen molar-refractivity contribution in [3.05, 3.63) is 71.8 Å². The maximum absolute atomic E-state index is 11.9. The second-order valence-corrected chi connectivity index (χ2v) is 3.92. The third kappa shape index (κ3) is 2.76. The fourth-order valence-corrected chi connectivity index (χ4v) is 1.89. The summed E-state index contributed by atoms with van der Waals surface area (Å²) in [6.45, 7) is 0. The number of rotatable bonds is 3. The Morgan fingerprint density at radius 2 is 1.32 bits per heavy atom. The highest BCUT2D eigenvalue weighted by Gasteiger charge is 2.39. The molecule has 2 aromatic rings. The van der Waals surface area contributed by atoms with Crippen LogP contribution in [0.1, 0.15) is 11.1 Å². The average Bonchev–Trinajstić information content (AvgIpc) is 2.47. The lowest BCUT2D eigenvalue weighted by Crippen LogP contribution is -2.48. The molecular formula is C14H15ClN2O2. The topological polar surface area (TPSA) is 75.3 Å². The van der Waals surface area contributed by atoms with Crippen LogP contribution in [0.15, 0.2) is 60.7 Å². The van der Waals surface area contributed by atoms with E-state index in [1.165, 1.54) is 0 Å².